The number of rotatable bonds is 2. The van der Waals surface area contributed by atoms with Crippen molar-refractivity contribution >= 4 is 0 Å². The molecule has 1 rings (SSSR count). The van der Waals surface area contributed by atoms with Crippen molar-refractivity contribution in [3.05, 3.63) is 11.9 Å². The molecule has 0 atom stereocenters. The first-order valence-corrected chi connectivity index (χ1v) is 3.62. The van der Waals surface area contributed by atoms with E-state index in [0.717, 1.165) is 0 Å². The molecule has 1 aromatic heterocycles. The van der Waals surface area contributed by atoms with E-state index in [0.29, 0.717) is 11.8 Å². The van der Waals surface area contributed by atoms with Gasteiger partial charge in [0.1, 0.15) is 6.07 Å². The Labute approximate surface area is 76.2 Å². The first kappa shape index (κ1) is 9.26. The molecule has 13 heavy (non-hydrogen) atoms. The summed E-state index contributed by atoms with van der Waals surface area (Å²) in [4.78, 5) is 3.92. The Morgan fingerprint density at radius 3 is 2.62 bits per heavy atom. The van der Waals surface area contributed by atoms with Gasteiger partial charge in [0.15, 0.2) is 6.07 Å². The molecule has 0 aromatic carbocycles. The highest BCUT2D eigenvalue weighted by atomic mass is 16.5. The minimum atomic E-state index is 0.246. The second-order valence-electron chi connectivity index (χ2n) is 2.34. The maximum absolute atomic E-state index is 8.71. The van der Waals surface area contributed by atoms with Crippen LogP contribution < -0.4 is 14.0 Å². The standard InChI is InChI=1S/C8H10N3O2/c1-11-6(5-9)10-7(12-2)4-8(11)13-3/h4H,1-3H3/q+1. The number of ether oxygens (including phenoxy) is 2. The molecule has 1 heterocycles. The third kappa shape index (κ3) is 1.67. The van der Waals surface area contributed by atoms with Gasteiger partial charge in [0.2, 0.25) is 0 Å². The quantitative estimate of drug-likeness (QED) is 0.591. The van der Waals surface area contributed by atoms with E-state index in [1.54, 1.807) is 17.7 Å². The number of aromatic nitrogens is 2. The summed E-state index contributed by atoms with van der Waals surface area (Å²) >= 11 is 0. The average molecular weight is 180 g/mol. The van der Waals surface area contributed by atoms with Gasteiger partial charge in [-0.3, -0.25) is 0 Å². The third-order valence-electron chi connectivity index (χ3n) is 1.63. The van der Waals surface area contributed by atoms with E-state index in [4.69, 9.17) is 14.7 Å². The van der Waals surface area contributed by atoms with E-state index in [-0.39, 0.29) is 5.82 Å². The second kappa shape index (κ2) is 3.72. The Morgan fingerprint density at radius 2 is 2.15 bits per heavy atom. The van der Waals surface area contributed by atoms with Crippen molar-refractivity contribution < 1.29 is 14.0 Å². The van der Waals surface area contributed by atoms with Crippen LogP contribution in [0.3, 0.4) is 0 Å². The van der Waals surface area contributed by atoms with Crippen LogP contribution in [0.4, 0.5) is 0 Å². The zero-order chi connectivity index (χ0) is 9.84. The zero-order valence-corrected chi connectivity index (χ0v) is 7.74. The van der Waals surface area contributed by atoms with Crippen LogP contribution in [0.25, 0.3) is 0 Å². The fourth-order valence-corrected chi connectivity index (χ4v) is 0.919. The molecule has 0 fully saturated rings. The smallest absolute Gasteiger partial charge is 0.409 e. The minimum absolute atomic E-state index is 0.246. The molecule has 0 saturated heterocycles. The van der Waals surface area contributed by atoms with E-state index >= 15 is 0 Å². The highest BCUT2D eigenvalue weighted by Crippen LogP contribution is 2.11. The van der Waals surface area contributed by atoms with Crippen molar-refractivity contribution in [2.24, 2.45) is 7.05 Å². The van der Waals surface area contributed by atoms with E-state index in [1.807, 2.05) is 6.07 Å². The SMILES string of the molecule is COc1cc(OC)[n+](C)c(C#N)n1. The molecular weight excluding hydrogens is 170 g/mol. The van der Waals surface area contributed by atoms with Crippen molar-refractivity contribution in [3.63, 3.8) is 0 Å². The lowest BCUT2D eigenvalue weighted by molar-refractivity contribution is -0.682. The van der Waals surface area contributed by atoms with Crippen LogP contribution in [0, 0.1) is 11.3 Å². The van der Waals surface area contributed by atoms with Crippen molar-refractivity contribution in [2.75, 3.05) is 14.2 Å². The van der Waals surface area contributed by atoms with Crippen molar-refractivity contribution in [1.29, 1.82) is 5.26 Å². The minimum Gasteiger partial charge on any atom is -0.465 e. The van der Waals surface area contributed by atoms with Crippen LogP contribution in [0.15, 0.2) is 6.07 Å². The molecule has 5 nitrogen and oxygen atoms in total. The average Bonchev–Trinajstić information content (AvgIpc) is 2.18. The summed E-state index contributed by atoms with van der Waals surface area (Å²) in [6.07, 6.45) is 0. The lowest BCUT2D eigenvalue weighted by atomic mass is 10.5. The number of methoxy groups -OCH3 is 2. The molecule has 5 heteroatoms. The Balaban J connectivity index is 3.31. The van der Waals surface area contributed by atoms with Crippen molar-refractivity contribution in [3.8, 4) is 17.8 Å². The Bertz CT molecular complexity index is 357. The molecule has 0 bridgehead atoms. The maximum atomic E-state index is 8.71. The maximum Gasteiger partial charge on any atom is 0.409 e. The summed E-state index contributed by atoms with van der Waals surface area (Å²) in [5.41, 5.74) is 0. The Morgan fingerprint density at radius 1 is 1.46 bits per heavy atom. The summed E-state index contributed by atoms with van der Waals surface area (Å²) in [5, 5.41) is 8.71. The van der Waals surface area contributed by atoms with Gasteiger partial charge in [-0.05, 0) is 0 Å². The van der Waals surface area contributed by atoms with Gasteiger partial charge in [0.05, 0.1) is 21.3 Å². The number of hydrogen-bond donors (Lipinski definition) is 0. The summed E-state index contributed by atoms with van der Waals surface area (Å²) in [6, 6.07) is 3.55. The highest BCUT2D eigenvalue weighted by Gasteiger charge is 2.17. The first-order chi connectivity index (χ1) is 6.22. The Hall–Kier alpha value is -1.83. The lowest BCUT2D eigenvalue weighted by Gasteiger charge is -2.01. The van der Waals surface area contributed by atoms with Gasteiger partial charge >= 0.3 is 11.7 Å². The van der Waals surface area contributed by atoms with Crippen LogP contribution in [0.5, 0.6) is 11.8 Å². The topological polar surface area (TPSA) is 59.0 Å². The largest absolute Gasteiger partial charge is 0.465 e. The molecule has 0 N–H and O–H groups in total. The first-order valence-electron chi connectivity index (χ1n) is 3.62. The molecule has 0 spiro atoms. The number of nitriles is 1. The van der Waals surface area contributed by atoms with Crippen LogP contribution in [0.2, 0.25) is 0 Å². The van der Waals surface area contributed by atoms with Crippen LogP contribution >= 0.6 is 0 Å². The number of nitrogens with zero attached hydrogens (tertiary/aromatic N) is 3. The Kier molecular flexibility index (Phi) is 2.65. The van der Waals surface area contributed by atoms with Crippen molar-refractivity contribution in [2.45, 2.75) is 0 Å². The van der Waals surface area contributed by atoms with E-state index in [1.165, 1.54) is 14.2 Å². The third-order valence-corrected chi connectivity index (χ3v) is 1.63. The van der Waals surface area contributed by atoms with E-state index in [2.05, 4.69) is 4.98 Å². The highest BCUT2D eigenvalue weighted by molar-refractivity contribution is 5.19. The van der Waals surface area contributed by atoms with Crippen LogP contribution in [-0.2, 0) is 7.05 Å². The second-order valence-corrected chi connectivity index (χ2v) is 2.34. The number of hydrogen-bond acceptors (Lipinski definition) is 4. The van der Waals surface area contributed by atoms with Gasteiger partial charge in [-0.25, -0.2) is 0 Å². The molecule has 0 aliphatic rings. The predicted octanol–water partition coefficient (Wildman–Crippen LogP) is -0.205. The monoisotopic (exact) mass is 180 g/mol. The fourth-order valence-electron chi connectivity index (χ4n) is 0.919. The molecule has 0 aliphatic heterocycles. The van der Waals surface area contributed by atoms with Gasteiger partial charge in [0, 0.05) is 4.98 Å². The normalized spacial score (nSPS) is 9.08. The van der Waals surface area contributed by atoms with Crippen molar-refractivity contribution in [1.82, 2.24) is 4.98 Å². The van der Waals surface area contributed by atoms with Gasteiger partial charge in [-0.1, -0.05) is 0 Å². The zero-order valence-electron chi connectivity index (χ0n) is 7.74. The molecule has 0 saturated carbocycles. The van der Waals surface area contributed by atoms with E-state index in [9.17, 15) is 0 Å². The fraction of sp³-hybridized carbons (Fsp3) is 0.375. The van der Waals surface area contributed by atoms with Crippen LogP contribution in [0.1, 0.15) is 5.82 Å². The molecule has 0 aliphatic carbocycles. The van der Waals surface area contributed by atoms with E-state index < -0.39 is 0 Å². The van der Waals surface area contributed by atoms with Gasteiger partial charge in [0.25, 0.3) is 5.88 Å². The van der Waals surface area contributed by atoms with Gasteiger partial charge < -0.3 is 9.47 Å². The molecule has 0 amide bonds. The lowest BCUT2D eigenvalue weighted by Crippen LogP contribution is -2.35. The molecule has 0 unspecified atom stereocenters. The summed E-state index contributed by atoms with van der Waals surface area (Å²) in [5.74, 6) is 1.14. The molecule has 1 aromatic rings. The van der Waals surface area contributed by atoms with Gasteiger partial charge in [-0.2, -0.15) is 9.83 Å². The predicted molar refractivity (Wildman–Crippen MR) is 43.2 cm³/mol. The molecule has 0 radical (unpaired) electrons. The van der Waals surface area contributed by atoms with Gasteiger partial charge in [-0.15, -0.1) is 0 Å². The summed E-state index contributed by atoms with van der Waals surface area (Å²) in [6.45, 7) is 0. The van der Waals surface area contributed by atoms with Crippen LogP contribution in [-0.4, -0.2) is 19.2 Å². The molecular formula is C8H10N3O2+. The molecule has 68 valence electrons. The summed E-state index contributed by atoms with van der Waals surface area (Å²) < 4.78 is 11.5. The summed E-state index contributed by atoms with van der Waals surface area (Å²) in [7, 11) is 4.71.